The van der Waals surface area contributed by atoms with Crippen LogP contribution in [0.15, 0.2) is 42.5 Å². The molecule has 1 aliphatic rings. The number of likely N-dealkylation sites (N-methyl/N-ethyl adjacent to an activating group) is 1. The number of H-pyrrole nitrogens is 1. The van der Waals surface area contributed by atoms with E-state index in [1.807, 2.05) is 48.3 Å². The van der Waals surface area contributed by atoms with Crippen molar-refractivity contribution < 1.29 is 14.3 Å². The molecule has 29 heavy (non-hydrogen) atoms. The van der Waals surface area contributed by atoms with Crippen LogP contribution in [0.5, 0.6) is 11.5 Å². The van der Waals surface area contributed by atoms with Gasteiger partial charge >= 0.3 is 0 Å². The number of Topliss-reactive ketones (excluding diaryl/α,β-unsaturated/α-hetero) is 1. The number of methoxy groups -OCH3 is 2. The molecule has 2 N–H and O–H groups in total. The van der Waals surface area contributed by atoms with Crippen LogP contribution in [-0.4, -0.2) is 61.0 Å². The predicted molar refractivity (Wildman–Crippen MR) is 111 cm³/mol. The highest BCUT2D eigenvalue weighted by atomic mass is 16.5. The van der Waals surface area contributed by atoms with Gasteiger partial charge in [-0.1, -0.05) is 12.1 Å². The molecule has 1 fully saturated rings. The van der Waals surface area contributed by atoms with Gasteiger partial charge in [-0.3, -0.25) is 15.1 Å². The van der Waals surface area contributed by atoms with Gasteiger partial charge in [0.1, 0.15) is 29.1 Å². The first-order valence-electron chi connectivity index (χ1n) is 9.25. The smallest absolute Gasteiger partial charge is 0.165 e. The number of hydrogen-bond acceptors (Lipinski definition) is 6. The minimum atomic E-state index is -0.787. The third-order valence-electron chi connectivity index (χ3n) is 5.02. The number of carbonyl (C=O) groups excluding carboxylic acids is 1. The number of carbonyl (C=O) groups is 1. The summed E-state index contributed by atoms with van der Waals surface area (Å²) >= 11 is 0. The molecule has 0 spiro atoms. The zero-order valence-corrected chi connectivity index (χ0v) is 16.6. The quantitative estimate of drug-likeness (QED) is 0.708. The number of ketones is 1. The minimum Gasteiger partial charge on any atom is -0.497 e. The summed E-state index contributed by atoms with van der Waals surface area (Å²) in [7, 11) is 5.02. The molecule has 2 aromatic carbocycles. The molecule has 0 aliphatic carbocycles. The van der Waals surface area contributed by atoms with Crippen molar-refractivity contribution >= 4 is 28.3 Å². The first-order chi connectivity index (χ1) is 14.0. The summed E-state index contributed by atoms with van der Waals surface area (Å²) in [6.07, 6.45) is 0. The first-order valence-corrected chi connectivity index (χ1v) is 9.25. The molecule has 1 aliphatic heterocycles. The third kappa shape index (κ3) is 3.54. The topological polar surface area (TPSA) is 94.5 Å². The SMILES string of the molecule is COc1cc(OC)cc(N2CN(C)CC(=O)C(c3nc4ccccc4[nH]3)C2=N)c1. The number of benzene rings is 2. The van der Waals surface area contributed by atoms with Crippen molar-refractivity contribution in [2.75, 3.05) is 39.4 Å². The van der Waals surface area contributed by atoms with Crippen LogP contribution in [0.4, 0.5) is 5.69 Å². The molecule has 4 rings (SSSR count). The molecule has 8 nitrogen and oxygen atoms in total. The standard InChI is InChI=1S/C21H23N5O3/c1-25-11-18(27)19(21-23-16-6-4-5-7-17(16)24-21)20(22)26(12-25)13-8-14(28-2)10-15(9-13)29-3/h4-10,19,22H,11-12H2,1-3H3,(H,23,24). The van der Waals surface area contributed by atoms with E-state index in [0.29, 0.717) is 29.7 Å². The Morgan fingerprint density at radius 2 is 1.83 bits per heavy atom. The van der Waals surface area contributed by atoms with Crippen LogP contribution in [0, 0.1) is 5.41 Å². The Hall–Kier alpha value is -3.39. The fourth-order valence-electron chi connectivity index (χ4n) is 3.59. The number of aromatic amines is 1. The Labute approximate surface area is 168 Å². The Balaban J connectivity index is 1.79. The van der Waals surface area contributed by atoms with E-state index in [1.54, 1.807) is 25.2 Å². The third-order valence-corrected chi connectivity index (χ3v) is 5.02. The van der Waals surface area contributed by atoms with E-state index in [1.165, 1.54) is 0 Å². The van der Waals surface area contributed by atoms with E-state index in [4.69, 9.17) is 14.9 Å². The summed E-state index contributed by atoms with van der Waals surface area (Å²) in [4.78, 5) is 24.5. The van der Waals surface area contributed by atoms with Crippen molar-refractivity contribution in [2.24, 2.45) is 0 Å². The Morgan fingerprint density at radius 1 is 1.14 bits per heavy atom. The number of ether oxygens (including phenoxy) is 2. The molecule has 150 valence electrons. The van der Waals surface area contributed by atoms with E-state index in [2.05, 4.69) is 9.97 Å². The van der Waals surface area contributed by atoms with Crippen LogP contribution in [0.3, 0.4) is 0 Å². The molecule has 1 unspecified atom stereocenters. The van der Waals surface area contributed by atoms with Crippen LogP contribution in [0.2, 0.25) is 0 Å². The molecule has 0 bridgehead atoms. The molecule has 0 radical (unpaired) electrons. The monoisotopic (exact) mass is 393 g/mol. The van der Waals surface area contributed by atoms with Gasteiger partial charge in [-0.05, 0) is 19.2 Å². The normalized spacial score (nSPS) is 18.2. The molecule has 2 heterocycles. The van der Waals surface area contributed by atoms with Gasteiger partial charge in [-0.25, -0.2) is 4.98 Å². The van der Waals surface area contributed by atoms with Gasteiger partial charge < -0.3 is 19.4 Å². The van der Waals surface area contributed by atoms with Crippen LogP contribution >= 0.6 is 0 Å². The van der Waals surface area contributed by atoms with E-state index in [9.17, 15) is 4.79 Å². The molecule has 1 saturated heterocycles. The van der Waals surface area contributed by atoms with Crippen molar-refractivity contribution in [1.82, 2.24) is 14.9 Å². The number of rotatable bonds is 4. The highest BCUT2D eigenvalue weighted by molar-refractivity contribution is 6.15. The average molecular weight is 393 g/mol. The number of nitrogens with one attached hydrogen (secondary N) is 2. The Morgan fingerprint density at radius 3 is 2.48 bits per heavy atom. The number of amidine groups is 1. The van der Waals surface area contributed by atoms with Crippen molar-refractivity contribution in [1.29, 1.82) is 5.41 Å². The Bertz CT molecular complexity index is 1020. The maximum absolute atomic E-state index is 13.0. The molecule has 0 amide bonds. The lowest BCUT2D eigenvalue weighted by Crippen LogP contribution is -2.38. The van der Waals surface area contributed by atoms with Crippen LogP contribution in [0.25, 0.3) is 11.0 Å². The number of imidazole rings is 1. The van der Waals surface area contributed by atoms with Crippen molar-refractivity contribution in [3.63, 3.8) is 0 Å². The van der Waals surface area contributed by atoms with E-state index >= 15 is 0 Å². The predicted octanol–water partition coefficient (Wildman–Crippen LogP) is 2.62. The van der Waals surface area contributed by atoms with Gasteiger partial charge in [0.05, 0.1) is 44.2 Å². The fraction of sp³-hybridized carbons (Fsp3) is 0.286. The van der Waals surface area contributed by atoms with Crippen molar-refractivity contribution in [3.05, 3.63) is 48.3 Å². The Kier molecular flexibility index (Phi) is 4.94. The van der Waals surface area contributed by atoms with E-state index in [-0.39, 0.29) is 18.2 Å². The first kappa shape index (κ1) is 18.9. The number of anilines is 1. The second-order valence-electron chi connectivity index (χ2n) is 7.08. The second kappa shape index (κ2) is 7.56. The fourth-order valence-corrected chi connectivity index (χ4v) is 3.59. The van der Waals surface area contributed by atoms with Gasteiger partial charge in [0.2, 0.25) is 0 Å². The molecular formula is C21H23N5O3. The number of hydrogen-bond donors (Lipinski definition) is 2. The van der Waals surface area contributed by atoms with Crippen LogP contribution in [0.1, 0.15) is 11.7 Å². The molecular weight excluding hydrogens is 370 g/mol. The summed E-state index contributed by atoms with van der Waals surface area (Å²) in [5.74, 6) is 1.01. The molecule has 3 aromatic rings. The second-order valence-corrected chi connectivity index (χ2v) is 7.08. The highest BCUT2D eigenvalue weighted by Crippen LogP contribution is 2.32. The van der Waals surface area contributed by atoms with Crippen molar-refractivity contribution in [3.8, 4) is 11.5 Å². The number of nitrogens with zero attached hydrogens (tertiary/aromatic N) is 3. The zero-order chi connectivity index (χ0) is 20.5. The van der Waals surface area contributed by atoms with Gasteiger partial charge in [0, 0.05) is 18.2 Å². The summed E-state index contributed by atoms with van der Waals surface area (Å²) in [5.41, 5.74) is 2.33. The average Bonchev–Trinajstić information content (AvgIpc) is 3.10. The lowest BCUT2D eigenvalue weighted by molar-refractivity contribution is -0.119. The van der Waals surface area contributed by atoms with Gasteiger partial charge in [-0.2, -0.15) is 0 Å². The maximum atomic E-state index is 13.0. The maximum Gasteiger partial charge on any atom is 0.165 e. The van der Waals surface area contributed by atoms with Crippen LogP contribution < -0.4 is 14.4 Å². The van der Waals surface area contributed by atoms with E-state index < -0.39 is 5.92 Å². The number of aromatic nitrogens is 2. The highest BCUT2D eigenvalue weighted by Gasteiger charge is 2.36. The number of para-hydroxylation sites is 2. The minimum absolute atomic E-state index is 0.0751. The zero-order valence-electron chi connectivity index (χ0n) is 16.6. The number of fused-ring (bicyclic) bond motifs is 1. The summed E-state index contributed by atoms with van der Waals surface area (Å²) in [5, 5.41) is 8.90. The summed E-state index contributed by atoms with van der Waals surface area (Å²) in [6, 6.07) is 13.0. The van der Waals surface area contributed by atoms with Gasteiger partial charge in [-0.15, -0.1) is 0 Å². The summed E-state index contributed by atoms with van der Waals surface area (Å²) in [6.45, 7) is 0.610. The van der Waals surface area contributed by atoms with Crippen LogP contribution in [-0.2, 0) is 4.79 Å². The molecule has 1 atom stereocenters. The van der Waals surface area contributed by atoms with Gasteiger partial charge in [0.15, 0.2) is 5.78 Å². The lowest BCUT2D eigenvalue weighted by atomic mass is 10.0. The lowest BCUT2D eigenvalue weighted by Gasteiger charge is -2.28. The van der Waals surface area contributed by atoms with Gasteiger partial charge in [0.25, 0.3) is 0 Å². The van der Waals surface area contributed by atoms with E-state index in [0.717, 1.165) is 11.0 Å². The summed E-state index contributed by atoms with van der Waals surface area (Å²) < 4.78 is 10.8. The molecule has 1 aromatic heterocycles. The molecule has 8 heteroatoms. The van der Waals surface area contributed by atoms with Crippen molar-refractivity contribution in [2.45, 2.75) is 5.92 Å². The molecule has 0 saturated carbocycles. The largest absolute Gasteiger partial charge is 0.497 e.